The number of nitrogens with zero attached hydrogens (tertiary/aromatic N) is 3. The summed E-state index contributed by atoms with van der Waals surface area (Å²) in [6, 6.07) is 8.98. The molecule has 102 valence electrons. The number of carbonyl (C=O) groups excluding carboxylic acids is 1. The number of pyridine rings is 1. The van der Waals surface area contributed by atoms with Gasteiger partial charge in [-0.3, -0.25) is 4.79 Å². The number of nitrogens with two attached hydrogens (primary N) is 1. The van der Waals surface area contributed by atoms with Crippen molar-refractivity contribution in [3.05, 3.63) is 47.1 Å². The number of hydrogen-bond acceptors (Lipinski definition) is 6. The highest BCUT2D eigenvalue weighted by molar-refractivity contribution is 7.16. The van der Waals surface area contributed by atoms with Gasteiger partial charge in [0.15, 0.2) is 0 Å². The summed E-state index contributed by atoms with van der Waals surface area (Å²) in [5.74, 6) is -0.314. The predicted molar refractivity (Wildman–Crippen MR) is 80.4 cm³/mol. The molecule has 0 radical (unpaired) electrons. The molecule has 3 aromatic rings. The highest BCUT2D eigenvalue weighted by atomic mass is 32.1. The lowest BCUT2D eigenvalue weighted by Crippen LogP contribution is -2.14. The van der Waals surface area contributed by atoms with Gasteiger partial charge in [0, 0.05) is 11.9 Å². The van der Waals surface area contributed by atoms with Gasteiger partial charge in [0.25, 0.3) is 5.91 Å². The van der Waals surface area contributed by atoms with Gasteiger partial charge < -0.3 is 11.1 Å². The minimum absolute atomic E-state index is 0.179. The number of nitrogens with one attached hydrogen (secondary N) is 1. The number of amides is 1. The SMILES string of the molecule is N#Cc1cnc(Nc2ccc3ncsc3c2)c(C(N)=O)c1. The Morgan fingerprint density at radius 3 is 2.95 bits per heavy atom. The molecule has 2 heterocycles. The van der Waals surface area contributed by atoms with E-state index in [0.29, 0.717) is 5.82 Å². The molecule has 0 aliphatic rings. The molecule has 3 N–H and O–H groups in total. The first-order valence-electron chi connectivity index (χ1n) is 5.97. The zero-order valence-corrected chi connectivity index (χ0v) is 11.5. The van der Waals surface area contributed by atoms with Crippen molar-refractivity contribution in [1.29, 1.82) is 5.26 Å². The summed E-state index contributed by atoms with van der Waals surface area (Å²) in [6.07, 6.45) is 1.39. The van der Waals surface area contributed by atoms with Crippen LogP contribution in [0.1, 0.15) is 15.9 Å². The quantitative estimate of drug-likeness (QED) is 0.772. The van der Waals surface area contributed by atoms with E-state index >= 15 is 0 Å². The van der Waals surface area contributed by atoms with Crippen molar-refractivity contribution < 1.29 is 4.79 Å². The van der Waals surface area contributed by atoms with E-state index in [2.05, 4.69) is 15.3 Å². The number of anilines is 2. The van der Waals surface area contributed by atoms with Gasteiger partial charge >= 0.3 is 0 Å². The second-order valence-corrected chi connectivity index (χ2v) is 5.14. The van der Waals surface area contributed by atoms with E-state index in [1.807, 2.05) is 24.3 Å². The van der Waals surface area contributed by atoms with Crippen molar-refractivity contribution >= 4 is 39.0 Å². The lowest BCUT2D eigenvalue weighted by atomic mass is 10.2. The van der Waals surface area contributed by atoms with E-state index in [0.717, 1.165) is 15.9 Å². The van der Waals surface area contributed by atoms with Crippen LogP contribution in [0.25, 0.3) is 10.2 Å². The van der Waals surface area contributed by atoms with Crippen LogP contribution in [-0.4, -0.2) is 15.9 Å². The fourth-order valence-electron chi connectivity index (χ4n) is 1.88. The lowest BCUT2D eigenvalue weighted by Gasteiger charge is -2.09. The molecule has 0 fully saturated rings. The molecule has 0 aliphatic carbocycles. The number of aromatic nitrogens is 2. The maximum atomic E-state index is 11.5. The molecule has 0 saturated carbocycles. The fraction of sp³-hybridized carbons (Fsp3) is 0. The first-order chi connectivity index (χ1) is 10.2. The van der Waals surface area contributed by atoms with Gasteiger partial charge in [-0.25, -0.2) is 9.97 Å². The average Bonchev–Trinajstić information content (AvgIpc) is 2.95. The first kappa shape index (κ1) is 13.0. The van der Waals surface area contributed by atoms with Crippen LogP contribution in [0.2, 0.25) is 0 Å². The molecule has 0 aliphatic heterocycles. The number of rotatable bonds is 3. The van der Waals surface area contributed by atoms with Gasteiger partial charge in [-0.1, -0.05) is 0 Å². The summed E-state index contributed by atoms with van der Waals surface area (Å²) in [6.45, 7) is 0. The van der Waals surface area contributed by atoms with Crippen molar-refractivity contribution in [3.8, 4) is 6.07 Å². The minimum Gasteiger partial charge on any atom is -0.365 e. The second-order valence-electron chi connectivity index (χ2n) is 4.26. The Labute approximate surface area is 123 Å². The Kier molecular flexibility index (Phi) is 3.22. The number of benzene rings is 1. The number of hydrogen-bond donors (Lipinski definition) is 2. The smallest absolute Gasteiger partial charge is 0.252 e. The molecule has 6 nitrogen and oxygen atoms in total. The van der Waals surface area contributed by atoms with Crippen molar-refractivity contribution in [3.63, 3.8) is 0 Å². The number of fused-ring (bicyclic) bond motifs is 1. The largest absolute Gasteiger partial charge is 0.365 e. The summed E-state index contributed by atoms with van der Waals surface area (Å²) >= 11 is 1.52. The molecular formula is C14H9N5OS. The normalized spacial score (nSPS) is 10.2. The van der Waals surface area contributed by atoms with Crippen molar-refractivity contribution in [2.75, 3.05) is 5.32 Å². The monoisotopic (exact) mass is 295 g/mol. The first-order valence-corrected chi connectivity index (χ1v) is 6.85. The van der Waals surface area contributed by atoms with Crippen LogP contribution < -0.4 is 11.1 Å². The molecular weight excluding hydrogens is 286 g/mol. The number of nitriles is 1. The topological polar surface area (TPSA) is 105 Å². The molecule has 2 aromatic heterocycles. The van der Waals surface area contributed by atoms with E-state index in [4.69, 9.17) is 11.0 Å². The molecule has 0 bridgehead atoms. The van der Waals surface area contributed by atoms with Crippen LogP contribution >= 0.6 is 11.3 Å². The Morgan fingerprint density at radius 2 is 2.19 bits per heavy atom. The van der Waals surface area contributed by atoms with Crippen LogP contribution in [0.4, 0.5) is 11.5 Å². The average molecular weight is 295 g/mol. The van der Waals surface area contributed by atoms with Gasteiger partial charge in [-0.05, 0) is 24.3 Å². The zero-order valence-electron chi connectivity index (χ0n) is 10.7. The highest BCUT2D eigenvalue weighted by Crippen LogP contribution is 2.25. The molecule has 3 rings (SSSR count). The molecule has 0 spiro atoms. The number of thiazole rings is 1. The van der Waals surface area contributed by atoms with E-state index in [1.165, 1.54) is 23.6 Å². The van der Waals surface area contributed by atoms with Gasteiger partial charge in [-0.15, -0.1) is 11.3 Å². The van der Waals surface area contributed by atoms with Crippen molar-refractivity contribution in [2.24, 2.45) is 5.73 Å². The third kappa shape index (κ3) is 2.52. The van der Waals surface area contributed by atoms with Crippen LogP contribution in [0.15, 0.2) is 36.0 Å². The Morgan fingerprint density at radius 1 is 1.33 bits per heavy atom. The molecule has 0 unspecified atom stereocenters. The fourth-order valence-corrected chi connectivity index (χ4v) is 2.60. The van der Waals surface area contributed by atoms with Crippen LogP contribution in [0.5, 0.6) is 0 Å². The molecule has 1 aromatic carbocycles. The summed E-state index contributed by atoms with van der Waals surface area (Å²) in [4.78, 5) is 19.8. The molecule has 21 heavy (non-hydrogen) atoms. The third-order valence-corrected chi connectivity index (χ3v) is 3.67. The Bertz CT molecular complexity index is 880. The summed E-state index contributed by atoms with van der Waals surface area (Å²) < 4.78 is 1.02. The van der Waals surface area contributed by atoms with E-state index in [1.54, 1.807) is 5.51 Å². The minimum atomic E-state index is -0.638. The lowest BCUT2D eigenvalue weighted by molar-refractivity contribution is 0.100. The standard InChI is InChI=1S/C14H9N5OS/c15-5-8-3-10(13(16)20)14(17-6-8)19-9-1-2-11-12(4-9)21-7-18-11/h1-4,6-7H,(H2,16,20)(H,17,19). The van der Waals surface area contributed by atoms with Crippen molar-refractivity contribution in [1.82, 2.24) is 9.97 Å². The molecule has 0 atom stereocenters. The van der Waals surface area contributed by atoms with Crippen LogP contribution in [0, 0.1) is 11.3 Å². The zero-order chi connectivity index (χ0) is 14.8. The predicted octanol–water partition coefficient (Wildman–Crippen LogP) is 2.41. The van der Waals surface area contributed by atoms with Gasteiger partial charge in [0.2, 0.25) is 0 Å². The number of primary amides is 1. The summed E-state index contributed by atoms with van der Waals surface area (Å²) in [5.41, 5.74) is 9.24. The highest BCUT2D eigenvalue weighted by Gasteiger charge is 2.11. The van der Waals surface area contributed by atoms with E-state index in [-0.39, 0.29) is 11.1 Å². The van der Waals surface area contributed by atoms with Crippen LogP contribution in [-0.2, 0) is 0 Å². The molecule has 1 amide bonds. The molecule has 0 saturated heterocycles. The van der Waals surface area contributed by atoms with E-state index < -0.39 is 5.91 Å². The Balaban J connectivity index is 2.00. The third-order valence-electron chi connectivity index (χ3n) is 2.88. The maximum Gasteiger partial charge on any atom is 0.252 e. The Hall–Kier alpha value is -2.98. The van der Waals surface area contributed by atoms with Crippen molar-refractivity contribution in [2.45, 2.75) is 0 Å². The summed E-state index contributed by atoms with van der Waals surface area (Å²) in [5, 5.41) is 11.9. The van der Waals surface area contributed by atoms with Crippen LogP contribution in [0.3, 0.4) is 0 Å². The van der Waals surface area contributed by atoms with Gasteiger partial charge in [0.05, 0.1) is 26.9 Å². The summed E-state index contributed by atoms with van der Waals surface area (Å²) in [7, 11) is 0. The van der Waals surface area contributed by atoms with E-state index in [9.17, 15) is 4.79 Å². The second kappa shape index (κ2) is 5.19. The van der Waals surface area contributed by atoms with Gasteiger partial charge in [0.1, 0.15) is 11.9 Å². The maximum absolute atomic E-state index is 11.5. The molecule has 7 heteroatoms. The van der Waals surface area contributed by atoms with Gasteiger partial charge in [-0.2, -0.15) is 5.26 Å². The number of carbonyl (C=O) groups is 1.